The van der Waals surface area contributed by atoms with Crippen molar-refractivity contribution in [2.75, 3.05) is 0 Å². The Morgan fingerprint density at radius 1 is 0.769 bits per heavy atom. The van der Waals surface area contributed by atoms with E-state index in [1.54, 1.807) is 24.3 Å². The van der Waals surface area contributed by atoms with E-state index in [1.165, 1.54) is 21.8 Å². The van der Waals surface area contributed by atoms with Crippen LogP contribution in [0.15, 0.2) is 85.2 Å². The maximum atomic E-state index is 7.78. The first-order valence-corrected chi connectivity index (χ1v) is 20.3. The summed E-state index contributed by atoms with van der Waals surface area (Å²) < 4.78 is 72.1. The summed E-state index contributed by atoms with van der Waals surface area (Å²) in [7, 11) is 0. The van der Waals surface area contributed by atoms with Crippen LogP contribution < -0.4 is 4.40 Å². The number of fused-ring (bicyclic) bond motifs is 3. The predicted molar refractivity (Wildman–Crippen MR) is 167 cm³/mol. The number of hydrogen-bond donors (Lipinski definition) is 0. The molecule has 0 bridgehead atoms. The molecule has 0 N–H and O–H groups in total. The van der Waals surface area contributed by atoms with Crippen LogP contribution in [0.4, 0.5) is 0 Å². The van der Waals surface area contributed by atoms with E-state index in [2.05, 4.69) is 51.5 Å². The van der Waals surface area contributed by atoms with Gasteiger partial charge < -0.3 is 4.98 Å². The zero-order valence-corrected chi connectivity index (χ0v) is 27.0. The molecule has 0 saturated carbocycles. The predicted octanol–water partition coefficient (Wildman–Crippen LogP) is 8.93. The van der Waals surface area contributed by atoms with Gasteiger partial charge in [0.2, 0.25) is 0 Å². The minimum Gasteiger partial charge on any atom is 0 e. The third-order valence-electron chi connectivity index (χ3n) is 6.21. The average molecular weight is 775 g/mol. The van der Waals surface area contributed by atoms with E-state index in [0.717, 1.165) is 37.6 Å². The third kappa shape index (κ3) is 6.58. The topological polar surface area (TPSA) is 25.8 Å². The smallest absolute Gasteiger partial charge is 0 e. The number of pyridine rings is 2. The first-order valence-electron chi connectivity index (χ1n) is 16.7. The first kappa shape index (κ1) is 19.4. The Morgan fingerprint density at radius 3 is 2.31 bits per heavy atom. The van der Waals surface area contributed by atoms with Gasteiger partial charge in [0.15, 0.2) is 0 Å². The van der Waals surface area contributed by atoms with Crippen LogP contribution in [0, 0.1) is 32.7 Å². The van der Waals surface area contributed by atoms with Crippen molar-refractivity contribution in [1.29, 1.82) is 0 Å². The molecule has 0 fully saturated rings. The summed E-state index contributed by atoms with van der Waals surface area (Å²) in [6, 6.07) is 28.4. The van der Waals surface area contributed by atoms with Gasteiger partial charge in [0, 0.05) is 43.3 Å². The molecule has 0 aliphatic heterocycles. The second kappa shape index (κ2) is 12.3. The van der Waals surface area contributed by atoms with Gasteiger partial charge in [0.1, 0.15) is 0 Å². The SMILES string of the molecule is [2H]C([2H])([2H])c1ccc2c(c1)sc1c(-c3cc(C([2H])([2H])[2H])c(C([2H])([2H])[2H])cn3)[c-]ccc12.[CH3][Ge]([CH3])([CH3])[c]1ccc(-c2[c-]cccc2)nc1.[Ir]. The fourth-order valence-corrected chi connectivity index (χ4v) is 7.49. The molecule has 0 unspecified atom stereocenters. The van der Waals surface area contributed by atoms with Gasteiger partial charge in [0.25, 0.3) is 0 Å². The van der Waals surface area contributed by atoms with Crippen molar-refractivity contribution in [2.24, 2.45) is 0 Å². The number of rotatable bonds is 3. The number of thiophene rings is 1. The van der Waals surface area contributed by atoms with E-state index in [4.69, 9.17) is 12.3 Å². The number of nitrogens with zero attached hydrogens (tertiary/aromatic N) is 2. The Kier molecular flexibility index (Phi) is 6.12. The average Bonchev–Trinajstić information content (AvgIpc) is 3.38. The molecule has 0 saturated heterocycles. The molecule has 6 aromatic rings. The Hall–Kier alpha value is -2.63. The largest absolute Gasteiger partial charge is 0 e. The normalized spacial score (nSPS) is 15.5. The first-order chi connectivity index (χ1) is 21.8. The fraction of sp³-hybridized carbons (Fsp3) is 0.176. The molecule has 0 aliphatic rings. The second-order valence-electron chi connectivity index (χ2n) is 9.98. The number of hydrogen-bond acceptors (Lipinski definition) is 3. The molecular formula is C34H32GeIrN2S-2. The zero-order chi connectivity index (χ0) is 34.4. The zero-order valence-electron chi connectivity index (χ0n) is 30.7. The van der Waals surface area contributed by atoms with Crippen molar-refractivity contribution in [2.45, 2.75) is 37.8 Å². The van der Waals surface area contributed by atoms with Gasteiger partial charge in [-0.15, -0.1) is 23.8 Å². The quantitative estimate of drug-likeness (QED) is 0.133. The van der Waals surface area contributed by atoms with Crippen LogP contribution >= 0.6 is 11.3 Å². The summed E-state index contributed by atoms with van der Waals surface area (Å²) in [5, 5.41) is 1.74. The number of aromatic nitrogens is 2. The van der Waals surface area contributed by atoms with E-state index in [1.807, 2.05) is 36.5 Å². The molecular weight excluding hydrogens is 733 g/mol. The van der Waals surface area contributed by atoms with Crippen molar-refractivity contribution in [3.05, 3.63) is 114 Å². The Morgan fingerprint density at radius 2 is 1.62 bits per heavy atom. The van der Waals surface area contributed by atoms with E-state index in [0.29, 0.717) is 11.3 Å². The molecule has 1 radical (unpaired) electrons. The number of aryl methyl sites for hydroxylation is 3. The molecule has 5 heteroatoms. The van der Waals surface area contributed by atoms with Crippen LogP contribution in [0.5, 0.6) is 0 Å². The fourth-order valence-electron chi connectivity index (χ4n) is 4.07. The maximum Gasteiger partial charge on any atom is 0 e. The van der Waals surface area contributed by atoms with Crippen molar-refractivity contribution >= 4 is 49.2 Å². The van der Waals surface area contributed by atoms with Gasteiger partial charge in [0.05, 0.1) is 0 Å². The van der Waals surface area contributed by atoms with Gasteiger partial charge in [-0.3, -0.25) is 0 Å². The minimum absolute atomic E-state index is 0. The third-order valence-corrected chi connectivity index (χ3v) is 11.6. The van der Waals surface area contributed by atoms with Gasteiger partial charge in [-0.05, 0) is 53.5 Å². The standard InChI is InChI=1S/C20H16NS.C14H16GeN.Ir/c1-12-7-8-15-16-5-4-6-17(20(16)22-19(15)9-12)18-10-13(2)14(3)11-21-18;1-15(2,3)13-9-10-14(16-11-13)12-7-5-4-6-8-12;/h4-5,7-11H,1-3H3;4-7,9-11H,1-3H3;/q2*-1;/i1D3,2D3,3D3;;. The molecule has 0 atom stereocenters. The monoisotopic (exact) mass is 776 g/mol. The van der Waals surface area contributed by atoms with Crippen LogP contribution in [0.2, 0.25) is 17.3 Å². The summed E-state index contributed by atoms with van der Waals surface area (Å²) in [4.78, 5) is 8.77. The molecule has 3 heterocycles. The van der Waals surface area contributed by atoms with E-state index in [-0.39, 0.29) is 36.8 Å². The van der Waals surface area contributed by atoms with E-state index >= 15 is 0 Å². The van der Waals surface area contributed by atoms with E-state index in [9.17, 15) is 0 Å². The van der Waals surface area contributed by atoms with Crippen LogP contribution in [-0.4, -0.2) is 23.2 Å². The summed E-state index contributed by atoms with van der Waals surface area (Å²) in [6.07, 6.45) is 3.13. The van der Waals surface area contributed by atoms with Gasteiger partial charge >= 0.3 is 99.8 Å². The molecule has 0 aliphatic carbocycles. The molecule has 199 valence electrons. The molecule has 3 aromatic heterocycles. The van der Waals surface area contributed by atoms with Gasteiger partial charge in [-0.25, -0.2) is 0 Å². The summed E-state index contributed by atoms with van der Waals surface area (Å²) in [6.45, 7) is -7.45. The van der Waals surface area contributed by atoms with Crippen molar-refractivity contribution in [3.8, 4) is 22.5 Å². The van der Waals surface area contributed by atoms with Crippen molar-refractivity contribution in [3.63, 3.8) is 0 Å². The maximum absolute atomic E-state index is 7.78. The summed E-state index contributed by atoms with van der Waals surface area (Å²) in [5.74, 6) is 7.14. The van der Waals surface area contributed by atoms with Crippen LogP contribution in [0.25, 0.3) is 42.7 Å². The summed E-state index contributed by atoms with van der Waals surface area (Å²) >= 11 is -0.352. The Balaban J connectivity index is 0.000000258. The molecule has 0 spiro atoms. The minimum atomic E-state index is -2.62. The van der Waals surface area contributed by atoms with Gasteiger partial charge in [-0.2, -0.15) is 11.3 Å². The molecule has 6 rings (SSSR count). The molecule has 3 aromatic carbocycles. The molecule has 2 nitrogen and oxygen atoms in total. The van der Waals surface area contributed by atoms with Crippen molar-refractivity contribution in [1.82, 2.24) is 9.97 Å². The van der Waals surface area contributed by atoms with Crippen LogP contribution in [-0.2, 0) is 20.1 Å². The summed E-state index contributed by atoms with van der Waals surface area (Å²) in [5.41, 5.74) is 2.58. The Bertz CT molecular complexity index is 2030. The Labute approximate surface area is 264 Å². The van der Waals surface area contributed by atoms with Crippen molar-refractivity contribution < 1.29 is 32.4 Å². The molecule has 0 amide bonds. The molecule has 39 heavy (non-hydrogen) atoms. The van der Waals surface area contributed by atoms with E-state index < -0.39 is 33.8 Å². The van der Waals surface area contributed by atoms with Crippen LogP contribution in [0.3, 0.4) is 0 Å². The second-order valence-corrected chi connectivity index (χ2v) is 21.7. The number of benzene rings is 3. The van der Waals surface area contributed by atoms with Gasteiger partial charge in [-0.1, -0.05) is 29.1 Å². The van der Waals surface area contributed by atoms with Crippen LogP contribution in [0.1, 0.15) is 29.0 Å².